The van der Waals surface area contributed by atoms with E-state index < -0.39 is 5.54 Å². The number of rotatable bonds is 8. The Bertz CT molecular complexity index is 470. The highest BCUT2D eigenvalue weighted by atomic mass is 35.5. The van der Waals surface area contributed by atoms with Crippen molar-refractivity contribution in [3.8, 4) is 0 Å². The van der Waals surface area contributed by atoms with E-state index in [2.05, 4.69) is 5.32 Å². The topological polar surface area (TPSA) is 55.1 Å². The molecule has 3 N–H and O–H groups in total. The SMILES string of the molecule is CCNC(C)(CCCSc1cc(Cl)ccc1Cl)C(N)=O. The molecular weight excluding hydrogens is 315 g/mol. The molecule has 1 aromatic rings. The minimum absolute atomic E-state index is 0.315. The zero-order chi connectivity index (χ0) is 15.2. The first-order chi connectivity index (χ1) is 9.39. The van der Waals surface area contributed by atoms with Gasteiger partial charge in [-0.15, -0.1) is 11.8 Å². The zero-order valence-corrected chi connectivity index (χ0v) is 14.0. The van der Waals surface area contributed by atoms with E-state index in [1.807, 2.05) is 19.9 Å². The molecule has 0 aromatic heterocycles. The van der Waals surface area contributed by atoms with E-state index in [1.54, 1.807) is 23.9 Å². The van der Waals surface area contributed by atoms with Crippen molar-refractivity contribution in [2.75, 3.05) is 12.3 Å². The van der Waals surface area contributed by atoms with E-state index in [0.717, 1.165) is 17.1 Å². The maximum absolute atomic E-state index is 11.5. The average molecular weight is 335 g/mol. The molecule has 0 aliphatic carbocycles. The molecule has 1 unspecified atom stereocenters. The number of likely N-dealkylation sites (N-methyl/N-ethyl adjacent to an activating group) is 1. The second-order valence-electron chi connectivity index (χ2n) is 4.75. The van der Waals surface area contributed by atoms with Crippen LogP contribution in [0.2, 0.25) is 10.0 Å². The predicted octanol–water partition coefficient (Wildman–Crippen LogP) is 3.72. The Morgan fingerprint density at radius 2 is 2.15 bits per heavy atom. The minimum Gasteiger partial charge on any atom is -0.368 e. The van der Waals surface area contributed by atoms with Crippen LogP contribution < -0.4 is 11.1 Å². The number of primary amides is 1. The van der Waals surface area contributed by atoms with Gasteiger partial charge in [0.05, 0.1) is 10.6 Å². The van der Waals surface area contributed by atoms with Gasteiger partial charge in [0.1, 0.15) is 0 Å². The number of halogens is 2. The molecular formula is C14H20Cl2N2OS. The van der Waals surface area contributed by atoms with Gasteiger partial charge in [0.25, 0.3) is 0 Å². The molecule has 0 saturated heterocycles. The molecule has 20 heavy (non-hydrogen) atoms. The Hall–Kier alpha value is -0.420. The normalized spacial score (nSPS) is 14.0. The Morgan fingerprint density at radius 1 is 1.45 bits per heavy atom. The second-order valence-corrected chi connectivity index (χ2v) is 6.73. The van der Waals surface area contributed by atoms with Crippen molar-refractivity contribution in [1.82, 2.24) is 5.32 Å². The summed E-state index contributed by atoms with van der Waals surface area (Å²) in [7, 11) is 0. The second kappa shape index (κ2) is 8.13. The molecule has 1 atom stereocenters. The molecule has 0 bridgehead atoms. The molecule has 0 aliphatic rings. The summed E-state index contributed by atoms with van der Waals surface area (Å²) in [6, 6.07) is 5.41. The van der Waals surface area contributed by atoms with Crippen LogP contribution in [0.25, 0.3) is 0 Å². The van der Waals surface area contributed by atoms with E-state index in [0.29, 0.717) is 23.0 Å². The standard InChI is InChI=1S/C14H20Cl2N2OS/c1-3-18-14(2,13(17)19)7-4-8-20-12-9-10(15)5-6-11(12)16/h5-6,9,18H,3-4,7-8H2,1-2H3,(H2,17,19). The molecule has 1 rings (SSSR count). The molecule has 0 saturated carbocycles. The fourth-order valence-electron chi connectivity index (χ4n) is 1.88. The minimum atomic E-state index is -0.645. The van der Waals surface area contributed by atoms with Gasteiger partial charge in [0, 0.05) is 9.92 Å². The van der Waals surface area contributed by atoms with Crippen molar-refractivity contribution < 1.29 is 4.79 Å². The van der Waals surface area contributed by atoms with E-state index in [4.69, 9.17) is 28.9 Å². The zero-order valence-electron chi connectivity index (χ0n) is 11.7. The summed E-state index contributed by atoms with van der Waals surface area (Å²) >= 11 is 13.7. The first kappa shape index (κ1) is 17.6. The van der Waals surface area contributed by atoms with E-state index >= 15 is 0 Å². The van der Waals surface area contributed by atoms with Gasteiger partial charge >= 0.3 is 0 Å². The van der Waals surface area contributed by atoms with Gasteiger partial charge in [-0.2, -0.15) is 0 Å². The summed E-state index contributed by atoms with van der Waals surface area (Å²) < 4.78 is 0. The molecule has 1 amide bonds. The summed E-state index contributed by atoms with van der Waals surface area (Å²) in [5.74, 6) is 0.541. The number of carbonyl (C=O) groups is 1. The van der Waals surface area contributed by atoms with Gasteiger partial charge < -0.3 is 11.1 Å². The lowest BCUT2D eigenvalue weighted by Gasteiger charge is -2.26. The molecule has 1 aromatic carbocycles. The van der Waals surface area contributed by atoms with Crippen LogP contribution in [0.5, 0.6) is 0 Å². The molecule has 6 heteroatoms. The first-order valence-corrected chi connectivity index (χ1v) is 8.26. The Kier molecular flexibility index (Phi) is 7.17. The van der Waals surface area contributed by atoms with Crippen molar-refractivity contribution in [2.24, 2.45) is 5.73 Å². The highest BCUT2D eigenvalue weighted by molar-refractivity contribution is 7.99. The van der Waals surface area contributed by atoms with Gasteiger partial charge in [0.2, 0.25) is 5.91 Å². The summed E-state index contributed by atoms with van der Waals surface area (Å²) in [6.45, 7) is 4.52. The average Bonchev–Trinajstić information content (AvgIpc) is 2.38. The van der Waals surface area contributed by atoms with Crippen LogP contribution in [0.15, 0.2) is 23.1 Å². The van der Waals surface area contributed by atoms with Crippen LogP contribution in [0.3, 0.4) is 0 Å². The van der Waals surface area contributed by atoms with Crippen molar-refractivity contribution >= 4 is 40.9 Å². The summed E-state index contributed by atoms with van der Waals surface area (Å²) in [5, 5.41) is 4.52. The molecule has 0 fully saturated rings. The molecule has 0 aliphatic heterocycles. The van der Waals surface area contributed by atoms with Gasteiger partial charge in [-0.1, -0.05) is 30.1 Å². The Labute approximate surface area is 134 Å². The molecule has 0 heterocycles. The van der Waals surface area contributed by atoms with E-state index in [-0.39, 0.29) is 5.91 Å². The van der Waals surface area contributed by atoms with Crippen molar-refractivity contribution in [2.45, 2.75) is 37.1 Å². The molecule has 0 spiro atoms. The van der Waals surface area contributed by atoms with Crippen molar-refractivity contribution in [3.05, 3.63) is 28.2 Å². The number of nitrogens with two attached hydrogens (primary N) is 1. The molecule has 0 radical (unpaired) electrons. The number of amides is 1. The third-order valence-electron chi connectivity index (χ3n) is 3.08. The quantitative estimate of drug-likeness (QED) is 0.562. The first-order valence-electron chi connectivity index (χ1n) is 6.52. The van der Waals surface area contributed by atoms with Crippen LogP contribution in [0, 0.1) is 0 Å². The number of carbonyl (C=O) groups excluding carboxylic acids is 1. The van der Waals surface area contributed by atoms with E-state index in [9.17, 15) is 4.79 Å². The van der Waals surface area contributed by atoms with Crippen LogP contribution in [-0.4, -0.2) is 23.7 Å². The Balaban J connectivity index is 2.48. The maximum Gasteiger partial charge on any atom is 0.237 e. The lowest BCUT2D eigenvalue weighted by molar-refractivity contribution is -0.124. The number of nitrogens with one attached hydrogen (secondary N) is 1. The third-order valence-corrected chi connectivity index (χ3v) is 4.90. The molecule has 3 nitrogen and oxygen atoms in total. The summed E-state index contributed by atoms with van der Waals surface area (Å²) in [4.78, 5) is 12.4. The van der Waals surface area contributed by atoms with Crippen LogP contribution >= 0.6 is 35.0 Å². The van der Waals surface area contributed by atoms with Crippen LogP contribution in [0.1, 0.15) is 26.7 Å². The number of benzene rings is 1. The van der Waals surface area contributed by atoms with Crippen LogP contribution in [-0.2, 0) is 4.79 Å². The fraction of sp³-hybridized carbons (Fsp3) is 0.500. The fourth-order valence-corrected chi connectivity index (χ4v) is 3.33. The lowest BCUT2D eigenvalue weighted by Crippen LogP contribution is -2.53. The van der Waals surface area contributed by atoms with Crippen molar-refractivity contribution in [3.63, 3.8) is 0 Å². The van der Waals surface area contributed by atoms with Crippen molar-refractivity contribution in [1.29, 1.82) is 0 Å². The maximum atomic E-state index is 11.5. The monoisotopic (exact) mass is 334 g/mol. The summed E-state index contributed by atoms with van der Waals surface area (Å²) in [6.07, 6.45) is 1.56. The Morgan fingerprint density at radius 3 is 2.75 bits per heavy atom. The molecule has 112 valence electrons. The number of hydrogen-bond acceptors (Lipinski definition) is 3. The van der Waals surface area contributed by atoms with Gasteiger partial charge in [-0.3, -0.25) is 4.79 Å². The van der Waals surface area contributed by atoms with Gasteiger partial charge in [-0.05, 0) is 50.3 Å². The number of hydrogen-bond donors (Lipinski definition) is 2. The highest BCUT2D eigenvalue weighted by Gasteiger charge is 2.28. The van der Waals surface area contributed by atoms with Crippen LogP contribution in [0.4, 0.5) is 0 Å². The van der Waals surface area contributed by atoms with Gasteiger partial charge in [0.15, 0.2) is 0 Å². The number of thioether (sulfide) groups is 1. The van der Waals surface area contributed by atoms with Gasteiger partial charge in [-0.25, -0.2) is 0 Å². The third kappa shape index (κ3) is 5.17. The van der Waals surface area contributed by atoms with E-state index in [1.165, 1.54) is 0 Å². The highest BCUT2D eigenvalue weighted by Crippen LogP contribution is 2.30. The summed E-state index contributed by atoms with van der Waals surface area (Å²) in [5.41, 5.74) is 4.80. The predicted molar refractivity (Wildman–Crippen MR) is 87.7 cm³/mol. The lowest BCUT2D eigenvalue weighted by atomic mass is 9.95. The largest absolute Gasteiger partial charge is 0.368 e. The smallest absolute Gasteiger partial charge is 0.237 e.